The number of unbranched alkanes of at least 4 members (excludes halogenated alkanes) is 3. The zero-order chi connectivity index (χ0) is 14.8. The fourth-order valence-corrected chi connectivity index (χ4v) is 2.25. The lowest BCUT2D eigenvalue weighted by atomic mass is 10.1. The Morgan fingerprint density at radius 1 is 1.20 bits per heavy atom. The SMILES string of the molecule is CCCCCCC(C)NC(=O)c1ccc(CCN)cc1. The summed E-state index contributed by atoms with van der Waals surface area (Å²) in [4.78, 5) is 12.1. The van der Waals surface area contributed by atoms with Crippen LogP contribution in [0.5, 0.6) is 0 Å². The quantitative estimate of drug-likeness (QED) is 0.680. The van der Waals surface area contributed by atoms with Gasteiger partial charge < -0.3 is 11.1 Å². The van der Waals surface area contributed by atoms with Crippen molar-refractivity contribution in [2.45, 2.75) is 58.4 Å². The number of amides is 1. The number of benzene rings is 1. The van der Waals surface area contributed by atoms with Crippen molar-refractivity contribution in [1.82, 2.24) is 5.32 Å². The van der Waals surface area contributed by atoms with Gasteiger partial charge in [-0.25, -0.2) is 0 Å². The molecule has 3 heteroatoms. The molecule has 1 atom stereocenters. The Labute approximate surface area is 122 Å². The molecular weight excluding hydrogens is 248 g/mol. The average Bonchev–Trinajstić information content (AvgIpc) is 2.45. The molecule has 0 aromatic heterocycles. The van der Waals surface area contributed by atoms with E-state index in [0.717, 1.165) is 18.4 Å². The molecule has 0 saturated carbocycles. The van der Waals surface area contributed by atoms with E-state index in [2.05, 4.69) is 19.2 Å². The van der Waals surface area contributed by atoms with E-state index in [0.29, 0.717) is 6.54 Å². The fourth-order valence-electron chi connectivity index (χ4n) is 2.25. The van der Waals surface area contributed by atoms with E-state index in [1.54, 1.807) is 0 Å². The molecular formula is C17H28N2O. The predicted octanol–water partition coefficient (Wildman–Crippen LogP) is 3.28. The number of nitrogens with two attached hydrogens (primary N) is 1. The smallest absolute Gasteiger partial charge is 0.251 e. The van der Waals surface area contributed by atoms with Gasteiger partial charge in [0, 0.05) is 11.6 Å². The number of carbonyl (C=O) groups excluding carboxylic acids is 1. The number of rotatable bonds is 9. The summed E-state index contributed by atoms with van der Waals surface area (Å²) in [6.07, 6.45) is 6.88. The van der Waals surface area contributed by atoms with Crippen molar-refractivity contribution in [3.05, 3.63) is 35.4 Å². The molecule has 112 valence electrons. The van der Waals surface area contributed by atoms with E-state index >= 15 is 0 Å². The molecule has 0 spiro atoms. The molecule has 0 aliphatic carbocycles. The van der Waals surface area contributed by atoms with Gasteiger partial charge in [-0.05, 0) is 44.0 Å². The summed E-state index contributed by atoms with van der Waals surface area (Å²) in [5, 5.41) is 3.06. The molecule has 0 saturated heterocycles. The summed E-state index contributed by atoms with van der Waals surface area (Å²) in [5.74, 6) is 0.0206. The van der Waals surface area contributed by atoms with Crippen molar-refractivity contribution >= 4 is 5.91 Å². The van der Waals surface area contributed by atoms with E-state index in [9.17, 15) is 4.79 Å². The second kappa shape index (κ2) is 9.54. The van der Waals surface area contributed by atoms with Gasteiger partial charge in [0.25, 0.3) is 5.91 Å². The third-order valence-corrected chi connectivity index (χ3v) is 3.52. The lowest BCUT2D eigenvalue weighted by molar-refractivity contribution is 0.0938. The lowest BCUT2D eigenvalue weighted by Gasteiger charge is -2.14. The van der Waals surface area contributed by atoms with E-state index in [4.69, 9.17) is 5.73 Å². The van der Waals surface area contributed by atoms with Crippen LogP contribution in [0.3, 0.4) is 0 Å². The topological polar surface area (TPSA) is 55.1 Å². The maximum absolute atomic E-state index is 12.1. The summed E-state index contributed by atoms with van der Waals surface area (Å²) in [7, 11) is 0. The molecule has 0 bridgehead atoms. The fraction of sp³-hybridized carbons (Fsp3) is 0.588. The number of hydrogen-bond donors (Lipinski definition) is 2. The second-order valence-electron chi connectivity index (χ2n) is 5.46. The molecule has 0 heterocycles. The van der Waals surface area contributed by atoms with Crippen LogP contribution in [-0.2, 0) is 6.42 Å². The lowest BCUT2D eigenvalue weighted by Crippen LogP contribution is -2.32. The van der Waals surface area contributed by atoms with Crippen molar-refractivity contribution in [3.8, 4) is 0 Å². The van der Waals surface area contributed by atoms with E-state index in [-0.39, 0.29) is 11.9 Å². The van der Waals surface area contributed by atoms with Crippen LogP contribution in [0.2, 0.25) is 0 Å². The molecule has 0 fully saturated rings. The Balaban J connectivity index is 2.37. The van der Waals surface area contributed by atoms with Crippen LogP contribution in [-0.4, -0.2) is 18.5 Å². The molecule has 1 aromatic carbocycles. The van der Waals surface area contributed by atoms with E-state index in [1.807, 2.05) is 24.3 Å². The zero-order valence-corrected chi connectivity index (χ0v) is 12.8. The summed E-state index contributed by atoms with van der Waals surface area (Å²) in [6.45, 7) is 4.92. The van der Waals surface area contributed by atoms with E-state index < -0.39 is 0 Å². The summed E-state index contributed by atoms with van der Waals surface area (Å²) >= 11 is 0. The van der Waals surface area contributed by atoms with Crippen LogP contribution in [0, 0.1) is 0 Å². The van der Waals surface area contributed by atoms with Gasteiger partial charge in [0.2, 0.25) is 0 Å². The van der Waals surface area contributed by atoms with Gasteiger partial charge in [0.15, 0.2) is 0 Å². The Morgan fingerprint density at radius 3 is 2.50 bits per heavy atom. The summed E-state index contributed by atoms with van der Waals surface area (Å²) in [6, 6.07) is 7.96. The maximum Gasteiger partial charge on any atom is 0.251 e. The van der Waals surface area contributed by atoms with Crippen molar-refractivity contribution < 1.29 is 4.79 Å². The monoisotopic (exact) mass is 276 g/mol. The molecule has 1 rings (SSSR count). The van der Waals surface area contributed by atoms with Gasteiger partial charge in [-0.15, -0.1) is 0 Å². The third kappa shape index (κ3) is 6.20. The van der Waals surface area contributed by atoms with Crippen LogP contribution < -0.4 is 11.1 Å². The van der Waals surface area contributed by atoms with Crippen LogP contribution in [0.4, 0.5) is 0 Å². The molecule has 20 heavy (non-hydrogen) atoms. The Morgan fingerprint density at radius 2 is 1.90 bits per heavy atom. The largest absolute Gasteiger partial charge is 0.350 e. The minimum Gasteiger partial charge on any atom is -0.350 e. The highest BCUT2D eigenvalue weighted by molar-refractivity contribution is 5.94. The van der Waals surface area contributed by atoms with Crippen LogP contribution in [0.25, 0.3) is 0 Å². The first-order chi connectivity index (χ1) is 9.67. The minimum absolute atomic E-state index is 0.0206. The van der Waals surface area contributed by atoms with Gasteiger partial charge in [-0.2, -0.15) is 0 Å². The molecule has 1 unspecified atom stereocenters. The molecule has 1 amide bonds. The molecule has 0 aliphatic heterocycles. The predicted molar refractivity (Wildman–Crippen MR) is 84.9 cm³/mol. The van der Waals surface area contributed by atoms with Gasteiger partial charge in [-0.1, -0.05) is 44.7 Å². The number of hydrogen-bond acceptors (Lipinski definition) is 2. The highest BCUT2D eigenvalue weighted by Crippen LogP contribution is 2.08. The summed E-state index contributed by atoms with van der Waals surface area (Å²) in [5.41, 5.74) is 7.42. The molecule has 3 nitrogen and oxygen atoms in total. The van der Waals surface area contributed by atoms with Gasteiger partial charge in [0.05, 0.1) is 0 Å². The first-order valence-electron chi connectivity index (χ1n) is 7.77. The number of nitrogens with one attached hydrogen (secondary N) is 1. The van der Waals surface area contributed by atoms with Gasteiger partial charge >= 0.3 is 0 Å². The molecule has 0 aliphatic rings. The highest BCUT2D eigenvalue weighted by atomic mass is 16.1. The summed E-state index contributed by atoms with van der Waals surface area (Å²) < 4.78 is 0. The highest BCUT2D eigenvalue weighted by Gasteiger charge is 2.09. The normalized spacial score (nSPS) is 12.2. The Kier molecular flexibility index (Phi) is 7.97. The van der Waals surface area contributed by atoms with Crippen molar-refractivity contribution in [2.75, 3.05) is 6.54 Å². The first-order valence-corrected chi connectivity index (χ1v) is 7.77. The molecule has 1 aromatic rings. The van der Waals surface area contributed by atoms with Crippen LogP contribution >= 0.6 is 0 Å². The maximum atomic E-state index is 12.1. The van der Waals surface area contributed by atoms with E-state index in [1.165, 1.54) is 31.2 Å². The van der Waals surface area contributed by atoms with Crippen molar-refractivity contribution in [3.63, 3.8) is 0 Å². The Bertz CT molecular complexity index is 386. The third-order valence-electron chi connectivity index (χ3n) is 3.52. The van der Waals surface area contributed by atoms with Gasteiger partial charge in [0.1, 0.15) is 0 Å². The second-order valence-corrected chi connectivity index (χ2v) is 5.46. The van der Waals surface area contributed by atoms with Crippen molar-refractivity contribution in [2.24, 2.45) is 5.73 Å². The average molecular weight is 276 g/mol. The van der Waals surface area contributed by atoms with Gasteiger partial charge in [-0.3, -0.25) is 4.79 Å². The minimum atomic E-state index is 0.0206. The number of carbonyl (C=O) groups is 1. The van der Waals surface area contributed by atoms with Crippen LogP contribution in [0.15, 0.2) is 24.3 Å². The van der Waals surface area contributed by atoms with Crippen molar-refractivity contribution in [1.29, 1.82) is 0 Å². The molecule has 3 N–H and O–H groups in total. The zero-order valence-electron chi connectivity index (χ0n) is 12.8. The standard InChI is InChI=1S/C17H28N2O/c1-3-4-5-6-7-14(2)19-17(20)16-10-8-15(9-11-16)12-13-18/h8-11,14H,3-7,12-13,18H2,1-2H3,(H,19,20). The van der Waals surface area contributed by atoms with Crippen LogP contribution in [0.1, 0.15) is 61.9 Å². The Hall–Kier alpha value is -1.35. The molecule has 0 radical (unpaired) electrons. The first kappa shape index (κ1) is 16.7.